The van der Waals surface area contributed by atoms with Crippen LogP contribution >= 0.6 is 11.6 Å². The highest BCUT2D eigenvalue weighted by Crippen LogP contribution is 2.20. The van der Waals surface area contributed by atoms with Gasteiger partial charge in [-0.05, 0) is 33.8 Å². The van der Waals surface area contributed by atoms with Crippen molar-refractivity contribution in [2.24, 2.45) is 0 Å². The Morgan fingerprint density at radius 1 is 1.45 bits per heavy atom. The van der Waals surface area contributed by atoms with Crippen molar-refractivity contribution in [2.75, 3.05) is 0 Å². The van der Waals surface area contributed by atoms with E-state index in [-0.39, 0.29) is 5.54 Å². The zero-order valence-corrected chi connectivity index (χ0v) is 8.11. The lowest BCUT2D eigenvalue weighted by Gasteiger charge is -2.19. The molecule has 0 spiro atoms. The molecule has 1 aromatic rings. The van der Waals surface area contributed by atoms with E-state index in [4.69, 9.17) is 11.6 Å². The topological polar surface area (TPSA) is 17.8 Å². The number of hydrogen-bond acceptors (Lipinski definition) is 1. The Morgan fingerprint density at radius 2 is 2.00 bits per heavy atom. The molecular formula is C8H13ClN2. The summed E-state index contributed by atoms with van der Waals surface area (Å²) in [4.78, 5) is 0. The minimum absolute atomic E-state index is 0.0225. The van der Waals surface area contributed by atoms with Crippen LogP contribution in [0.25, 0.3) is 0 Å². The highest BCUT2D eigenvalue weighted by Gasteiger charge is 2.16. The second kappa shape index (κ2) is 2.52. The number of hydrogen-bond donors (Lipinski definition) is 0. The third kappa shape index (κ3) is 1.74. The average molecular weight is 173 g/mol. The van der Waals surface area contributed by atoms with Crippen molar-refractivity contribution in [1.82, 2.24) is 9.78 Å². The van der Waals surface area contributed by atoms with Gasteiger partial charge in [0.15, 0.2) is 0 Å². The zero-order valence-electron chi connectivity index (χ0n) is 7.35. The fourth-order valence-corrected chi connectivity index (χ4v) is 1.39. The van der Waals surface area contributed by atoms with Gasteiger partial charge in [0.2, 0.25) is 0 Å². The van der Waals surface area contributed by atoms with Crippen molar-refractivity contribution in [3.05, 3.63) is 16.9 Å². The van der Waals surface area contributed by atoms with Gasteiger partial charge in [0.1, 0.15) is 5.15 Å². The van der Waals surface area contributed by atoms with Crippen molar-refractivity contribution in [3.8, 4) is 0 Å². The molecule has 0 aliphatic heterocycles. The van der Waals surface area contributed by atoms with Crippen molar-refractivity contribution >= 4 is 11.6 Å². The lowest BCUT2D eigenvalue weighted by Crippen LogP contribution is -2.23. The maximum atomic E-state index is 5.93. The van der Waals surface area contributed by atoms with E-state index in [1.807, 2.05) is 17.7 Å². The van der Waals surface area contributed by atoms with Gasteiger partial charge in [-0.3, -0.25) is 0 Å². The number of halogens is 1. The predicted molar refractivity (Wildman–Crippen MR) is 47.0 cm³/mol. The van der Waals surface area contributed by atoms with Crippen LogP contribution in [0.3, 0.4) is 0 Å². The molecule has 0 unspecified atom stereocenters. The Bertz CT molecular complexity index is 258. The first-order valence-electron chi connectivity index (χ1n) is 3.64. The fourth-order valence-electron chi connectivity index (χ4n) is 0.938. The summed E-state index contributed by atoms with van der Waals surface area (Å²) in [5.41, 5.74) is 0.940. The van der Waals surface area contributed by atoms with E-state index < -0.39 is 0 Å². The van der Waals surface area contributed by atoms with Gasteiger partial charge in [0.05, 0.1) is 11.2 Å². The van der Waals surface area contributed by atoms with E-state index in [2.05, 4.69) is 25.9 Å². The fraction of sp³-hybridized carbons (Fsp3) is 0.625. The third-order valence-electron chi connectivity index (χ3n) is 1.42. The summed E-state index contributed by atoms with van der Waals surface area (Å²) in [7, 11) is 0. The quantitative estimate of drug-likeness (QED) is 0.588. The van der Waals surface area contributed by atoms with Crippen molar-refractivity contribution < 1.29 is 0 Å². The van der Waals surface area contributed by atoms with Crippen LogP contribution in [0.15, 0.2) is 6.07 Å². The molecule has 2 nitrogen and oxygen atoms in total. The van der Waals surface area contributed by atoms with E-state index in [1.54, 1.807) is 0 Å². The molecule has 11 heavy (non-hydrogen) atoms. The van der Waals surface area contributed by atoms with Gasteiger partial charge in [0, 0.05) is 0 Å². The average Bonchev–Trinajstić information content (AvgIpc) is 2.08. The minimum atomic E-state index is -0.0225. The summed E-state index contributed by atoms with van der Waals surface area (Å²) in [6.45, 7) is 8.16. The van der Waals surface area contributed by atoms with Crippen LogP contribution < -0.4 is 0 Å². The molecule has 0 radical (unpaired) electrons. The molecule has 0 aliphatic rings. The van der Waals surface area contributed by atoms with Crippen LogP contribution in [0, 0.1) is 6.92 Å². The third-order valence-corrected chi connectivity index (χ3v) is 1.69. The smallest absolute Gasteiger partial charge is 0.127 e. The van der Waals surface area contributed by atoms with Crippen LogP contribution in [-0.2, 0) is 5.54 Å². The van der Waals surface area contributed by atoms with Crippen LogP contribution in [0.1, 0.15) is 26.5 Å². The first kappa shape index (κ1) is 8.60. The zero-order chi connectivity index (χ0) is 8.65. The number of aryl methyl sites for hydroxylation is 1. The van der Waals surface area contributed by atoms with Crippen molar-refractivity contribution in [3.63, 3.8) is 0 Å². The molecule has 1 aromatic heterocycles. The maximum absolute atomic E-state index is 5.93. The molecule has 0 aromatic carbocycles. The molecule has 0 fully saturated rings. The molecule has 1 rings (SSSR count). The second-order valence-electron chi connectivity index (χ2n) is 3.69. The van der Waals surface area contributed by atoms with Gasteiger partial charge in [0.25, 0.3) is 0 Å². The van der Waals surface area contributed by atoms with E-state index in [9.17, 15) is 0 Å². The summed E-state index contributed by atoms with van der Waals surface area (Å²) in [5, 5.41) is 4.97. The largest absolute Gasteiger partial charge is 0.249 e. The Morgan fingerprint density at radius 3 is 2.18 bits per heavy atom. The number of rotatable bonds is 0. The summed E-state index contributed by atoms with van der Waals surface area (Å²) in [6, 6.07) is 1.87. The molecule has 0 amide bonds. The number of nitrogens with zero attached hydrogens (tertiary/aromatic N) is 2. The predicted octanol–water partition coefficient (Wildman–Crippen LogP) is 2.60. The molecule has 1 heterocycles. The second-order valence-corrected chi connectivity index (χ2v) is 4.08. The maximum Gasteiger partial charge on any atom is 0.127 e. The van der Waals surface area contributed by atoms with E-state index >= 15 is 0 Å². The lowest BCUT2D eigenvalue weighted by molar-refractivity contribution is 0.355. The molecule has 62 valence electrons. The molecule has 0 aliphatic carbocycles. The molecule has 0 N–H and O–H groups in total. The van der Waals surface area contributed by atoms with Crippen molar-refractivity contribution in [2.45, 2.75) is 33.2 Å². The summed E-state index contributed by atoms with van der Waals surface area (Å²) >= 11 is 5.93. The highest BCUT2D eigenvalue weighted by molar-refractivity contribution is 6.29. The first-order valence-corrected chi connectivity index (χ1v) is 4.02. The SMILES string of the molecule is Cc1cc(Cl)n(C(C)(C)C)n1. The number of aromatic nitrogens is 2. The minimum Gasteiger partial charge on any atom is -0.249 e. The van der Waals surface area contributed by atoms with E-state index in [0.717, 1.165) is 5.69 Å². The van der Waals surface area contributed by atoms with Gasteiger partial charge in [-0.2, -0.15) is 5.10 Å². The molecule has 0 saturated heterocycles. The van der Waals surface area contributed by atoms with Gasteiger partial charge in [-0.1, -0.05) is 11.6 Å². The molecule has 0 bridgehead atoms. The lowest BCUT2D eigenvalue weighted by atomic mass is 10.1. The summed E-state index contributed by atoms with van der Waals surface area (Å²) < 4.78 is 1.82. The molecular weight excluding hydrogens is 160 g/mol. The Balaban J connectivity index is 3.13. The standard InChI is InChI=1S/C8H13ClN2/c1-6-5-7(9)11(10-6)8(2,3)4/h5H,1-4H3. The molecule has 0 saturated carbocycles. The van der Waals surface area contributed by atoms with Gasteiger partial charge < -0.3 is 0 Å². The molecule has 3 heteroatoms. The Hall–Kier alpha value is -0.500. The Labute approximate surface area is 72.2 Å². The van der Waals surface area contributed by atoms with E-state index in [0.29, 0.717) is 5.15 Å². The first-order chi connectivity index (χ1) is 4.91. The van der Waals surface area contributed by atoms with E-state index in [1.165, 1.54) is 0 Å². The van der Waals surface area contributed by atoms with Crippen LogP contribution in [0.5, 0.6) is 0 Å². The van der Waals surface area contributed by atoms with Crippen LogP contribution in [-0.4, -0.2) is 9.78 Å². The van der Waals surface area contributed by atoms with Gasteiger partial charge in [-0.15, -0.1) is 0 Å². The van der Waals surface area contributed by atoms with Crippen LogP contribution in [0.4, 0.5) is 0 Å². The monoisotopic (exact) mass is 172 g/mol. The van der Waals surface area contributed by atoms with Gasteiger partial charge in [-0.25, -0.2) is 4.68 Å². The summed E-state index contributed by atoms with van der Waals surface area (Å²) in [5.74, 6) is 0. The van der Waals surface area contributed by atoms with Crippen molar-refractivity contribution in [1.29, 1.82) is 0 Å². The normalized spacial score (nSPS) is 12.1. The van der Waals surface area contributed by atoms with Gasteiger partial charge >= 0.3 is 0 Å². The highest BCUT2D eigenvalue weighted by atomic mass is 35.5. The molecule has 0 atom stereocenters. The van der Waals surface area contributed by atoms with Crippen LogP contribution in [0.2, 0.25) is 5.15 Å². The Kier molecular flexibility index (Phi) is 1.97. The summed E-state index contributed by atoms with van der Waals surface area (Å²) in [6.07, 6.45) is 0.